The molecule has 0 aliphatic heterocycles. The van der Waals surface area contributed by atoms with Crippen LogP contribution in [0.15, 0.2) is 71.6 Å². The van der Waals surface area contributed by atoms with Gasteiger partial charge in [0.25, 0.3) is 10.0 Å². The highest BCUT2D eigenvalue weighted by Crippen LogP contribution is 2.31. The van der Waals surface area contributed by atoms with Crippen LogP contribution in [-0.2, 0) is 21.2 Å². The molecule has 0 saturated carbocycles. The molecular formula is C23H20Cl2F2N2O3S. The number of nitrogens with zero attached hydrogens (tertiary/aromatic N) is 1. The Labute approximate surface area is 201 Å². The smallest absolute Gasteiger partial charge is 0.265 e. The van der Waals surface area contributed by atoms with Crippen LogP contribution in [0.2, 0.25) is 10.0 Å². The lowest BCUT2D eigenvalue weighted by Crippen LogP contribution is -2.49. The Bertz CT molecular complexity index is 1240. The van der Waals surface area contributed by atoms with Gasteiger partial charge in [-0.1, -0.05) is 35.3 Å². The van der Waals surface area contributed by atoms with Crippen molar-refractivity contribution >= 4 is 44.8 Å². The van der Waals surface area contributed by atoms with E-state index < -0.39 is 27.8 Å². The molecule has 0 saturated heterocycles. The fraction of sp³-hybridized carbons (Fsp3) is 0.174. The minimum Gasteiger partial charge on any atom is -0.354 e. The van der Waals surface area contributed by atoms with Crippen LogP contribution in [0, 0.1) is 11.6 Å². The molecular weight excluding hydrogens is 493 g/mol. The van der Waals surface area contributed by atoms with Crippen molar-refractivity contribution < 1.29 is 22.0 Å². The molecule has 174 valence electrons. The van der Waals surface area contributed by atoms with Gasteiger partial charge in [0.15, 0.2) is 0 Å². The van der Waals surface area contributed by atoms with Crippen LogP contribution < -0.4 is 9.62 Å². The van der Waals surface area contributed by atoms with Crippen molar-refractivity contribution in [1.29, 1.82) is 0 Å². The molecule has 0 heterocycles. The van der Waals surface area contributed by atoms with Gasteiger partial charge in [-0.25, -0.2) is 17.2 Å². The van der Waals surface area contributed by atoms with Crippen molar-refractivity contribution in [2.75, 3.05) is 10.8 Å². The van der Waals surface area contributed by atoms with Crippen LogP contribution in [0.25, 0.3) is 0 Å². The van der Waals surface area contributed by atoms with Crippen molar-refractivity contribution in [3.8, 4) is 0 Å². The standard InChI is InChI=1S/C23H20Cl2F2N2O3S/c1-15(23(30)28-13-12-16-2-7-19(26)8-3-16)29(22-14-18(25)6-11-21(22)27)33(31,32)20-9-4-17(24)5-10-20/h2-11,14-15H,12-13H2,1H3,(H,28,30)/t15-/m1/s1. The predicted molar refractivity (Wildman–Crippen MR) is 125 cm³/mol. The first kappa shape index (κ1) is 25.0. The second kappa shape index (κ2) is 10.5. The lowest BCUT2D eigenvalue weighted by molar-refractivity contribution is -0.121. The van der Waals surface area contributed by atoms with Gasteiger partial charge in [0.05, 0.1) is 10.6 Å². The van der Waals surface area contributed by atoms with Crippen molar-refractivity contribution in [3.63, 3.8) is 0 Å². The highest BCUT2D eigenvalue weighted by molar-refractivity contribution is 7.93. The van der Waals surface area contributed by atoms with Crippen molar-refractivity contribution in [2.24, 2.45) is 0 Å². The Balaban J connectivity index is 1.89. The lowest BCUT2D eigenvalue weighted by Gasteiger charge is -2.30. The summed E-state index contributed by atoms with van der Waals surface area (Å²) < 4.78 is 55.3. The summed E-state index contributed by atoms with van der Waals surface area (Å²) in [6.45, 7) is 1.52. The SMILES string of the molecule is C[C@H](C(=O)NCCc1ccc(F)cc1)N(c1cc(Cl)ccc1F)S(=O)(=O)c1ccc(Cl)cc1. The highest BCUT2D eigenvalue weighted by atomic mass is 35.5. The van der Waals surface area contributed by atoms with Gasteiger partial charge in [-0.05, 0) is 73.5 Å². The third-order valence-corrected chi connectivity index (χ3v) is 7.26. The number of nitrogens with one attached hydrogen (secondary N) is 1. The molecule has 0 radical (unpaired) electrons. The number of hydrogen-bond donors (Lipinski definition) is 1. The molecule has 0 aliphatic rings. The number of halogens is 4. The second-order valence-electron chi connectivity index (χ2n) is 7.19. The predicted octanol–water partition coefficient (Wildman–Crippen LogP) is 5.21. The number of hydrogen-bond acceptors (Lipinski definition) is 3. The van der Waals surface area contributed by atoms with Crippen molar-refractivity contribution in [1.82, 2.24) is 5.32 Å². The molecule has 3 aromatic carbocycles. The monoisotopic (exact) mass is 512 g/mol. The Morgan fingerprint density at radius 3 is 2.21 bits per heavy atom. The van der Waals surface area contributed by atoms with Gasteiger partial charge in [0.2, 0.25) is 5.91 Å². The van der Waals surface area contributed by atoms with E-state index in [9.17, 15) is 22.0 Å². The summed E-state index contributed by atoms with van der Waals surface area (Å²) in [7, 11) is -4.36. The third kappa shape index (κ3) is 6.01. The number of sulfonamides is 1. The molecule has 3 rings (SSSR count). The number of amides is 1. The number of rotatable bonds is 8. The van der Waals surface area contributed by atoms with Gasteiger partial charge < -0.3 is 5.32 Å². The minimum absolute atomic E-state index is 0.103. The van der Waals surface area contributed by atoms with Crippen LogP contribution in [0.3, 0.4) is 0 Å². The van der Waals surface area contributed by atoms with E-state index in [-0.39, 0.29) is 28.0 Å². The second-order valence-corrected chi connectivity index (χ2v) is 9.88. The van der Waals surface area contributed by atoms with E-state index in [1.165, 1.54) is 49.4 Å². The van der Waals surface area contributed by atoms with E-state index in [1.807, 2.05) is 0 Å². The quantitative estimate of drug-likeness (QED) is 0.450. The maximum Gasteiger partial charge on any atom is 0.265 e. The van der Waals surface area contributed by atoms with Gasteiger partial charge in [-0.2, -0.15) is 0 Å². The molecule has 0 aromatic heterocycles. The Hall–Kier alpha value is -2.68. The molecule has 0 bridgehead atoms. The van der Waals surface area contributed by atoms with Gasteiger partial charge >= 0.3 is 0 Å². The van der Waals surface area contributed by atoms with E-state index in [0.717, 1.165) is 17.7 Å². The molecule has 10 heteroatoms. The van der Waals surface area contributed by atoms with Crippen molar-refractivity contribution in [2.45, 2.75) is 24.3 Å². The summed E-state index contributed by atoms with van der Waals surface area (Å²) in [5.74, 6) is -1.88. The van der Waals surface area contributed by atoms with Crippen LogP contribution in [-0.4, -0.2) is 26.9 Å². The van der Waals surface area contributed by atoms with E-state index in [0.29, 0.717) is 15.7 Å². The van der Waals surface area contributed by atoms with Crippen LogP contribution in [0.5, 0.6) is 0 Å². The highest BCUT2D eigenvalue weighted by Gasteiger charge is 2.35. The number of anilines is 1. The number of carbonyl (C=O) groups is 1. The molecule has 3 aromatic rings. The third-order valence-electron chi connectivity index (χ3n) is 4.87. The zero-order chi connectivity index (χ0) is 24.2. The first-order valence-corrected chi connectivity index (χ1v) is 12.1. The topological polar surface area (TPSA) is 66.5 Å². The van der Waals surface area contributed by atoms with E-state index in [2.05, 4.69) is 5.32 Å². The fourth-order valence-corrected chi connectivity index (χ4v) is 5.07. The number of benzene rings is 3. The largest absolute Gasteiger partial charge is 0.354 e. The maximum atomic E-state index is 14.7. The average Bonchev–Trinajstić information content (AvgIpc) is 2.77. The van der Waals surface area contributed by atoms with E-state index in [4.69, 9.17) is 23.2 Å². The molecule has 0 spiro atoms. The lowest BCUT2D eigenvalue weighted by atomic mass is 10.1. The fourth-order valence-electron chi connectivity index (χ4n) is 3.16. The maximum absolute atomic E-state index is 14.7. The Morgan fingerprint density at radius 2 is 1.58 bits per heavy atom. The van der Waals surface area contributed by atoms with Gasteiger partial charge in [-0.15, -0.1) is 0 Å². The van der Waals surface area contributed by atoms with Crippen LogP contribution >= 0.6 is 23.2 Å². The summed E-state index contributed by atoms with van der Waals surface area (Å²) in [4.78, 5) is 12.7. The van der Waals surface area contributed by atoms with Gasteiger partial charge in [0.1, 0.15) is 17.7 Å². The molecule has 1 amide bonds. The van der Waals surface area contributed by atoms with Crippen LogP contribution in [0.4, 0.5) is 14.5 Å². The first-order chi connectivity index (χ1) is 15.6. The minimum atomic E-state index is -4.36. The Morgan fingerprint density at radius 1 is 0.970 bits per heavy atom. The summed E-state index contributed by atoms with van der Waals surface area (Å²) in [6.07, 6.45) is 0.397. The molecule has 1 N–H and O–H groups in total. The number of carbonyl (C=O) groups excluding carboxylic acids is 1. The Kier molecular flexibility index (Phi) is 7.94. The molecule has 5 nitrogen and oxygen atoms in total. The van der Waals surface area contributed by atoms with Crippen molar-refractivity contribution in [3.05, 3.63) is 94.0 Å². The van der Waals surface area contributed by atoms with Gasteiger partial charge in [0, 0.05) is 16.6 Å². The normalized spacial score (nSPS) is 12.3. The van der Waals surface area contributed by atoms with E-state index in [1.54, 1.807) is 12.1 Å². The van der Waals surface area contributed by atoms with Gasteiger partial charge in [-0.3, -0.25) is 9.10 Å². The summed E-state index contributed by atoms with van der Waals surface area (Å²) in [5.41, 5.74) is 0.425. The molecule has 0 fully saturated rings. The average molecular weight is 513 g/mol. The summed E-state index contributed by atoms with van der Waals surface area (Å²) >= 11 is 11.9. The van der Waals surface area contributed by atoms with Crippen LogP contribution in [0.1, 0.15) is 12.5 Å². The zero-order valence-electron chi connectivity index (χ0n) is 17.4. The molecule has 33 heavy (non-hydrogen) atoms. The molecule has 0 unspecified atom stereocenters. The summed E-state index contributed by atoms with van der Waals surface area (Å²) in [5, 5.41) is 3.07. The molecule has 0 aliphatic carbocycles. The van der Waals surface area contributed by atoms with E-state index >= 15 is 0 Å². The molecule has 1 atom stereocenters. The zero-order valence-corrected chi connectivity index (χ0v) is 19.8. The summed E-state index contributed by atoms with van der Waals surface area (Å²) in [6, 6.07) is 13.2. The first-order valence-electron chi connectivity index (χ1n) is 9.87.